The van der Waals surface area contributed by atoms with Gasteiger partial charge in [-0.1, -0.05) is 0 Å². The number of aryl methyl sites for hydroxylation is 1. The van der Waals surface area contributed by atoms with Crippen LogP contribution in [0, 0.1) is 6.92 Å². The normalized spacial score (nSPS) is 11.1. The van der Waals surface area contributed by atoms with Crippen molar-refractivity contribution in [2.45, 2.75) is 26.7 Å². The van der Waals surface area contributed by atoms with Crippen LogP contribution in [0.3, 0.4) is 0 Å². The van der Waals surface area contributed by atoms with Gasteiger partial charge in [0.15, 0.2) is 0 Å². The molecule has 1 aromatic carbocycles. The van der Waals surface area contributed by atoms with Crippen molar-refractivity contribution in [3.05, 3.63) is 41.9 Å². The molecule has 3 heteroatoms. The Kier molecular flexibility index (Phi) is 3.17. The van der Waals surface area contributed by atoms with E-state index in [0.29, 0.717) is 5.92 Å². The third-order valence-corrected chi connectivity index (χ3v) is 3.70. The molecule has 0 bridgehead atoms. The van der Waals surface area contributed by atoms with E-state index in [9.17, 15) is 0 Å². The predicted molar refractivity (Wildman–Crippen MR) is 69.0 cm³/mol. The molecule has 1 heterocycles. The van der Waals surface area contributed by atoms with Crippen LogP contribution < -0.4 is 0 Å². The minimum absolute atomic E-state index is 0.472. The zero-order valence-electron chi connectivity index (χ0n) is 9.81. The molecular formula is C13H16N2Se. The summed E-state index contributed by atoms with van der Waals surface area (Å²) in [6, 6.07) is 10.4. The van der Waals surface area contributed by atoms with Crippen molar-refractivity contribution >= 4 is 16.2 Å². The third kappa shape index (κ3) is 1.93. The zero-order chi connectivity index (χ0) is 11.7. The van der Waals surface area contributed by atoms with Crippen LogP contribution in [0.25, 0.3) is 11.3 Å². The number of hydrogen-bond donors (Lipinski definition) is 0. The number of aromatic nitrogens is 2. The summed E-state index contributed by atoms with van der Waals surface area (Å²) < 4.78 is 2.12. The molecule has 0 unspecified atom stereocenters. The molecule has 0 fully saturated rings. The summed E-state index contributed by atoms with van der Waals surface area (Å²) in [6.45, 7) is 6.44. The zero-order valence-corrected chi connectivity index (χ0v) is 11.7. The Morgan fingerprint density at radius 2 is 1.81 bits per heavy atom. The van der Waals surface area contributed by atoms with Crippen molar-refractivity contribution in [2.24, 2.45) is 0 Å². The Bertz CT molecular complexity index is 486. The molecule has 0 saturated heterocycles. The van der Waals surface area contributed by atoms with Gasteiger partial charge in [-0.2, -0.15) is 0 Å². The molecule has 2 rings (SSSR count). The second-order valence-electron chi connectivity index (χ2n) is 4.23. The van der Waals surface area contributed by atoms with Crippen molar-refractivity contribution in [3.8, 4) is 11.3 Å². The fraction of sp³-hybridized carbons (Fsp3) is 0.308. The van der Waals surface area contributed by atoms with Crippen LogP contribution in [0.4, 0.5) is 0 Å². The minimum atomic E-state index is 0.472. The standard InChI is InChI=1S/C13H16N2Se/c1-9(2)13-12(14-10(3)15(13)16)11-7-5-4-6-8-11/h4-9,16H,1-3H3. The van der Waals surface area contributed by atoms with Gasteiger partial charge in [-0.25, -0.2) is 0 Å². The van der Waals surface area contributed by atoms with Crippen molar-refractivity contribution in [2.75, 3.05) is 0 Å². The molecule has 0 saturated carbocycles. The summed E-state index contributed by atoms with van der Waals surface area (Å²) in [5, 5.41) is 0. The Morgan fingerprint density at radius 3 is 2.38 bits per heavy atom. The first-order chi connectivity index (χ1) is 7.61. The van der Waals surface area contributed by atoms with E-state index in [-0.39, 0.29) is 0 Å². The van der Waals surface area contributed by atoms with Gasteiger partial charge in [0.25, 0.3) is 0 Å². The van der Waals surface area contributed by atoms with Gasteiger partial charge >= 0.3 is 105 Å². The monoisotopic (exact) mass is 280 g/mol. The predicted octanol–water partition coefficient (Wildman–Crippen LogP) is 2.65. The molecule has 0 amide bonds. The van der Waals surface area contributed by atoms with Crippen LogP contribution in [0.2, 0.25) is 0 Å². The van der Waals surface area contributed by atoms with E-state index in [0.717, 1.165) is 11.5 Å². The van der Waals surface area contributed by atoms with Crippen LogP contribution in [-0.4, -0.2) is 24.8 Å². The topological polar surface area (TPSA) is 17.8 Å². The fourth-order valence-corrected chi connectivity index (χ4v) is 2.64. The Labute approximate surface area is 105 Å². The first kappa shape index (κ1) is 11.4. The number of rotatable bonds is 2. The van der Waals surface area contributed by atoms with E-state index in [1.54, 1.807) is 0 Å². The van der Waals surface area contributed by atoms with Crippen molar-refractivity contribution < 1.29 is 0 Å². The summed E-state index contributed by atoms with van der Waals surface area (Å²) in [7, 11) is 0. The second kappa shape index (κ2) is 4.44. The maximum atomic E-state index is 4.65. The van der Waals surface area contributed by atoms with E-state index in [2.05, 4.69) is 62.9 Å². The molecule has 0 aliphatic carbocycles. The molecule has 1 aromatic heterocycles. The molecule has 84 valence electrons. The molecule has 0 radical (unpaired) electrons. The van der Waals surface area contributed by atoms with Gasteiger partial charge in [-0.05, 0) is 0 Å². The van der Waals surface area contributed by atoms with Gasteiger partial charge in [-0.15, -0.1) is 0 Å². The van der Waals surface area contributed by atoms with Crippen molar-refractivity contribution in [1.82, 2.24) is 8.57 Å². The summed E-state index contributed by atoms with van der Waals surface area (Å²) in [6.07, 6.45) is 0. The Morgan fingerprint density at radius 1 is 1.19 bits per heavy atom. The molecule has 0 N–H and O–H groups in total. The van der Waals surface area contributed by atoms with Gasteiger partial charge in [0.1, 0.15) is 0 Å². The van der Waals surface area contributed by atoms with Gasteiger partial charge in [-0.3, -0.25) is 0 Å². The maximum absolute atomic E-state index is 4.65. The quantitative estimate of drug-likeness (QED) is 0.773. The van der Waals surface area contributed by atoms with Gasteiger partial charge in [0.2, 0.25) is 0 Å². The van der Waals surface area contributed by atoms with Gasteiger partial charge in [0, 0.05) is 0 Å². The first-order valence-corrected chi connectivity index (χ1v) is 6.29. The number of imidazole rings is 1. The second-order valence-corrected chi connectivity index (χ2v) is 5.06. The summed E-state index contributed by atoms with van der Waals surface area (Å²) in [5.41, 5.74) is 3.58. The molecule has 16 heavy (non-hydrogen) atoms. The van der Waals surface area contributed by atoms with E-state index in [1.165, 1.54) is 11.3 Å². The fourth-order valence-electron chi connectivity index (χ4n) is 1.87. The number of benzene rings is 1. The summed E-state index contributed by atoms with van der Waals surface area (Å²) >= 11 is 2.58. The van der Waals surface area contributed by atoms with Crippen molar-refractivity contribution in [1.29, 1.82) is 0 Å². The Balaban J connectivity index is 2.62. The molecule has 0 spiro atoms. The van der Waals surface area contributed by atoms with Crippen LogP contribution in [0.15, 0.2) is 30.3 Å². The molecule has 0 atom stereocenters. The van der Waals surface area contributed by atoms with Crippen LogP contribution in [0.5, 0.6) is 0 Å². The average Bonchev–Trinajstić information content (AvgIpc) is 2.57. The molecule has 0 aliphatic heterocycles. The van der Waals surface area contributed by atoms with Crippen LogP contribution in [0.1, 0.15) is 31.3 Å². The van der Waals surface area contributed by atoms with Crippen molar-refractivity contribution in [3.63, 3.8) is 0 Å². The third-order valence-electron chi connectivity index (χ3n) is 2.65. The van der Waals surface area contributed by atoms with Gasteiger partial charge in [0.05, 0.1) is 0 Å². The van der Waals surface area contributed by atoms with Gasteiger partial charge < -0.3 is 0 Å². The van der Waals surface area contributed by atoms with E-state index >= 15 is 0 Å². The molecule has 0 aliphatic rings. The van der Waals surface area contributed by atoms with Crippen LogP contribution in [-0.2, 0) is 0 Å². The van der Waals surface area contributed by atoms with E-state index in [1.807, 2.05) is 13.0 Å². The van der Waals surface area contributed by atoms with E-state index in [4.69, 9.17) is 0 Å². The van der Waals surface area contributed by atoms with Crippen LogP contribution >= 0.6 is 0 Å². The molecular weight excluding hydrogens is 263 g/mol. The molecule has 2 nitrogen and oxygen atoms in total. The molecule has 2 aromatic rings. The van der Waals surface area contributed by atoms with E-state index < -0.39 is 0 Å². The Hall–Kier alpha value is -1.05. The number of nitrogens with zero attached hydrogens (tertiary/aromatic N) is 2. The SMILES string of the molecule is Cc1nc(-c2ccccc2)c(C(C)C)n1[SeH]. The summed E-state index contributed by atoms with van der Waals surface area (Å²) in [4.78, 5) is 4.65. The summed E-state index contributed by atoms with van der Waals surface area (Å²) in [5.74, 6) is 1.52. The number of hydrogen-bond acceptors (Lipinski definition) is 1. The average molecular weight is 279 g/mol. The first-order valence-electron chi connectivity index (χ1n) is 5.45.